The minimum atomic E-state index is -1.05. The zero-order chi connectivity index (χ0) is 12.8. The molecule has 1 unspecified atom stereocenters. The molecule has 5 nitrogen and oxygen atoms in total. The normalized spacial score (nSPS) is 12.1. The lowest BCUT2D eigenvalue weighted by Crippen LogP contribution is -2.23. The van der Waals surface area contributed by atoms with Crippen molar-refractivity contribution >= 4 is 29.2 Å². The van der Waals surface area contributed by atoms with Crippen LogP contribution in [0.15, 0.2) is 12.1 Å². The summed E-state index contributed by atoms with van der Waals surface area (Å²) < 4.78 is 0. The van der Waals surface area contributed by atoms with E-state index >= 15 is 0 Å². The van der Waals surface area contributed by atoms with Crippen LogP contribution in [0.4, 0.5) is 11.5 Å². The molecule has 0 aliphatic rings. The molecule has 0 aromatic carbocycles. The Hall–Kier alpha value is -1.43. The van der Waals surface area contributed by atoms with Gasteiger partial charge < -0.3 is 16.2 Å². The number of nitrogens with zero attached hydrogens (tertiary/aromatic N) is 1. The molecule has 0 spiro atoms. The number of nitrogens with one attached hydrogen (secondary N) is 1. The van der Waals surface area contributed by atoms with Crippen LogP contribution in [-0.2, 0) is 0 Å². The Kier molecular flexibility index (Phi) is 5.09. The summed E-state index contributed by atoms with van der Waals surface area (Å²) in [5, 5.41) is 12.0. The second-order valence-corrected chi connectivity index (χ2v) is 4.56. The molecule has 94 valence electrons. The summed E-state index contributed by atoms with van der Waals surface area (Å²) in [6, 6.07) is 3.20. The Bertz CT molecular complexity index is 398. The highest BCUT2D eigenvalue weighted by molar-refractivity contribution is 7.98. The Balaban J connectivity index is 2.88. The van der Waals surface area contributed by atoms with Crippen molar-refractivity contribution in [2.75, 3.05) is 23.1 Å². The van der Waals surface area contributed by atoms with Crippen molar-refractivity contribution < 1.29 is 9.90 Å². The van der Waals surface area contributed by atoms with Gasteiger partial charge in [-0.05, 0) is 24.8 Å². The summed E-state index contributed by atoms with van der Waals surface area (Å²) in [5.74, 6) is 0.325. The van der Waals surface area contributed by atoms with Crippen LogP contribution >= 0.6 is 11.8 Å². The summed E-state index contributed by atoms with van der Waals surface area (Å²) in [5.41, 5.74) is 6.23. The van der Waals surface area contributed by atoms with E-state index in [4.69, 9.17) is 10.8 Å². The van der Waals surface area contributed by atoms with Gasteiger partial charge in [0.1, 0.15) is 5.82 Å². The van der Waals surface area contributed by atoms with Gasteiger partial charge in [-0.15, -0.1) is 0 Å². The van der Waals surface area contributed by atoms with Gasteiger partial charge in [-0.1, -0.05) is 6.92 Å². The van der Waals surface area contributed by atoms with Gasteiger partial charge in [-0.25, -0.2) is 9.78 Å². The number of hydrogen-bond acceptors (Lipinski definition) is 5. The molecule has 4 N–H and O–H groups in total. The average molecular weight is 255 g/mol. The molecule has 0 saturated heterocycles. The van der Waals surface area contributed by atoms with Gasteiger partial charge in [0.05, 0.1) is 5.69 Å². The first-order valence-corrected chi connectivity index (χ1v) is 6.73. The van der Waals surface area contributed by atoms with E-state index in [1.54, 1.807) is 17.8 Å². The largest absolute Gasteiger partial charge is 0.477 e. The predicted octanol–water partition coefficient (Wildman–Crippen LogP) is 1.92. The number of carbonyl (C=O) groups is 1. The highest BCUT2D eigenvalue weighted by atomic mass is 32.2. The molecule has 1 aromatic rings. The first-order valence-electron chi connectivity index (χ1n) is 5.33. The average Bonchev–Trinajstić information content (AvgIpc) is 2.30. The van der Waals surface area contributed by atoms with Gasteiger partial charge in [-0.3, -0.25) is 0 Å². The van der Waals surface area contributed by atoms with Crippen LogP contribution in [0, 0.1) is 0 Å². The van der Waals surface area contributed by atoms with Crippen molar-refractivity contribution in [1.82, 2.24) is 4.98 Å². The monoisotopic (exact) mass is 255 g/mol. The molecular formula is C11H17N3O2S. The third-order valence-corrected chi connectivity index (χ3v) is 3.08. The number of rotatable bonds is 6. The maximum atomic E-state index is 10.8. The number of carboxylic acid groups (broad SMARTS) is 1. The van der Waals surface area contributed by atoms with E-state index in [0.717, 1.165) is 12.2 Å². The molecule has 0 amide bonds. The van der Waals surface area contributed by atoms with Crippen LogP contribution in [0.1, 0.15) is 23.8 Å². The van der Waals surface area contributed by atoms with Crippen LogP contribution in [0.25, 0.3) is 0 Å². The molecule has 0 fully saturated rings. The Morgan fingerprint density at radius 1 is 1.65 bits per heavy atom. The Labute approximate surface area is 105 Å². The third-order valence-electron chi connectivity index (χ3n) is 2.35. The van der Waals surface area contributed by atoms with E-state index in [1.165, 1.54) is 6.07 Å². The second-order valence-electron chi connectivity index (χ2n) is 3.64. The number of hydrogen-bond donors (Lipinski definition) is 3. The summed E-state index contributed by atoms with van der Waals surface area (Å²) in [6.07, 6.45) is 2.95. The highest BCUT2D eigenvalue weighted by Crippen LogP contribution is 2.18. The van der Waals surface area contributed by atoms with Gasteiger partial charge in [0, 0.05) is 11.8 Å². The molecule has 0 aliphatic carbocycles. The zero-order valence-electron chi connectivity index (χ0n) is 9.93. The Morgan fingerprint density at radius 2 is 2.35 bits per heavy atom. The molecule has 0 saturated carbocycles. The molecule has 0 bridgehead atoms. The maximum Gasteiger partial charge on any atom is 0.354 e. The van der Waals surface area contributed by atoms with Crippen molar-refractivity contribution in [3.63, 3.8) is 0 Å². The second kappa shape index (κ2) is 6.34. The van der Waals surface area contributed by atoms with E-state index in [1.807, 2.05) is 6.26 Å². The summed E-state index contributed by atoms with van der Waals surface area (Å²) >= 11 is 1.72. The molecule has 0 aliphatic heterocycles. The van der Waals surface area contributed by atoms with Crippen LogP contribution in [0.5, 0.6) is 0 Å². The molecule has 1 aromatic heterocycles. The van der Waals surface area contributed by atoms with Crippen LogP contribution in [-0.4, -0.2) is 34.1 Å². The van der Waals surface area contributed by atoms with Crippen molar-refractivity contribution in [2.45, 2.75) is 19.4 Å². The number of anilines is 2. The number of thioether (sulfide) groups is 1. The van der Waals surface area contributed by atoms with Gasteiger partial charge in [0.25, 0.3) is 0 Å². The zero-order valence-corrected chi connectivity index (χ0v) is 10.8. The van der Waals surface area contributed by atoms with E-state index < -0.39 is 5.97 Å². The fourth-order valence-electron chi connectivity index (χ4n) is 1.36. The number of aromatic carboxylic acids is 1. The number of nitrogens with two attached hydrogens (primary N) is 1. The standard InChI is InChI=1S/C11H17N3O2S/c1-3-7(6-17-2)13-10-8(12)4-5-9(14-10)11(15)16/h4-5,7H,3,6,12H2,1-2H3,(H,13,14)(H,15,16). The number of carboxylic acids is 1. The summed E-state index contributed by atoms with van der Waals surface area (Å²) in [6.45, 7) is 2.06. The number of nitrogen functional groups attached to an aromatic ring is 1. The van der Waals surface area contributed by atoms with E-state index in [-0.39, 0.29) is 11.7 Å². The maximum absolute atomic E-state index is 10.8. The van der Waals surface area contributed by atoms with Crippen LogP contribution in [0.2, 0.25) is 0 Å². The number of pyridine rings is 1. The highest BCUT2D eigenvalue weighted by Gasteiger charge is 2.12. The molecule has 1 heterocycles. The fraction of sp³-hybridized carbons (Fsp3) is 0.455. The lowest BCUT2D eigenvalue weighted by Gasteiger charge is -2.17. The molecular weight excluding hydrogens is 238 g/mol. The topological polar surface area (TPSA) is 88.2 Å². The molecule has 1 atom stereocenters. The molecule has 1 rings (SSSR count). The van der Waals surface area contributed by atoms with Crippen molar-refractivity contribution in [2.24, 2.45) is 0 Å². The molecule has 17 heavy (non-hydrogen) atoms. The minimum absolute atomic E-state index is 0.000652. The predicted molar refractivity (Wildman–Crippen MR) is 71.7 cm³/mol. The minimum Gasteiger partial charge on any atom is -0.477 e. The summed E-state index contributed by atoms with van der Waals surface area (Å²) in [7, 11) is 0. The van der Waals surface area contributed by atoms with Crippen molar-refractivity contribution in [1.29, 1.82) is 0 Å². The molecule has 6 heteroatoms. The van der Waals surface area contributed by atoms with E-state index in [0.29, 0.717) is 11.5 Å². The van der Waals surface area contributed by atoms with Gasteiger partial charge in [0.2, 0.25) is 0 Å². The van der Waals surface area contributed by atoms with Gasteiger partial charge in [0.15, 0.2) is 5.69 Å². The van der Waals surface area contributed by atoms with Gasteiger partial charge >= 0.3 is 5.97 Å². The lowest BCUT2D eigenvalue weighted by atomic mass is 10.2. The van der Waals surface area contributed by atoms with Gasteiger partial charge in [-0.2, -0.15) is 11.8 Å². The van der Waals surface area contributed by atoms with E-state index in [9.17, 15) is 4.79 Å². The first-order chi connectivity index (χ1) is 8.08. The first kappa shape index (κ1) is 13.6. The van der Waals surface area contributed by atoms with Crippen LogP contribution in [0.3, 0.4) is 0 Å². The molecule has 0 radical (unpaired) electrons. The quantitative estimate of drug-likeness (QED) is 0.719. The van der Waals surface area contributed by atoms with E-state index in [2.05, 4.69) is 17.2 Å². The van der Waals surface area contributed by atoms with Crippen molar-refractivity contribution in [3.8, 4) is 0 Å². The summed E-state index contributed by atoms with van der Waals surface area (Å²) in [4.78, 5) is 14.8. The third kappa shape index (κ3) is 3.81. The number of aromatic nitrogens is 1. The smallest absolute Gasteiger partial charge is 0.354 e. The fourth-order valence-corrected chi connectivity index (χ4v) is 2.08. The SMILES string of the molecule is CCC(CSC)Nc1nc(C(=O)O)ccc1N. The Morgan fingerprint density at radius 3 is 2.88 bits per heavy atom. The van der Waals surface area contributed by atoms with Crippen LogP contribution < -0.4 is 11.1 Å². The van der Waals surface area contributed by atoms with Crippen molar-refractivity contribution in [3.05, 3.63) is 17.8 Å². The lowest BCUT2D eigenvalue weighted by molar-refractivity contribution is 0.0690.